The average molecular weight is 645 g/mol. The highest BCUT2D eigenvalue weighted by atomic mass is 16.2. The van der Waals surface area contributed by atoms with Crippen molar-refractivity contribution in [2.24, 2.45) is 0 Å². The number of carbonyl (C=O) groups excluding carboxylic acids is 2. The van der Waals surface area contributed by atoms with Crippen LogP contribution in [0.1, 0.15) is 232 Å². The summed E-state index contributed by atoms with van der Waals surface area (Å²) in [5.74, 6) is 0.0939. The molecule has 2 amide bonds. The van der Waals surface area contributed by atoms with Crippen LogP contribution in [0.3, 0.4) is 0 Å². The lowest BCUT2D eigenvalue weighted by Crippen LogP contribution is -2.18. The molecule has 0 aromatic rings. The number of allylic oxidation sites excluding steroid dienone is 2. The minimum atomic E-state index is 0.0469. The molecule has 0 radical (unpaired) electrons. The summed E-state index contributed by atoms with van der Waals surface area (Å²) in [6.45, 7) is 4.57. The van der Waals surface area contributed by atoms with E-state index in [2.05, 4.69) is 36.6 Å². The number of unbranched alkanes of at least 4 members (excludes halogenated alkanes) is 29. The van der Waals surface area contributed by atoms with Crippen molar-refractivity contribution in [2.45, 2.75) is 232 Å². The Morgan fingerprint density at radius 1 is 0.348 bits per heavy atom. The molecule has 0 aliphatic rings. The van der Waals surface area contributed by atoms with E-state index in [9.17, 15) is 9.59 Å². The molecular weight excluding hydrogens is 564 g/mol. The number of nitrogens with one attached hydrogen (secondary N) is 2. The van der Waals surface area contributed by atoms with E-state index < -0.39 is 0 Å². The first-order valence-electron chi connectivity index (χ1n) is 20.6. The molecule has 4 heteroatoms. The predicted molar refractivity (Wildman–Crippen MR) is 203 cm³/mol. The number of hydrogen-bond acceptors (Lipinski definition) is 2. The molecule has 0 rings (SSSR count). The van der Waals surface area contributed by atoms with Gasteiger partial charge in [-0.05, 0) is 50.9 Å². The van der Waals surface area contributed by atoms with Crippen molar-refractivity contribution in [1.82, 2.24) is 10.6 Å². The van der Waals surface area contributed by atoms with E-state index in [0.29, 0.717) is 12.8 Å². The fourth-order valence-corrected chi connectivity index (χ4v) is 6.10. The Morgan fingerprint density at radius 3 is 0.848 bits per heavy atom. The van der Waals surface area contributed by atoms with E-state index in [1.54, 1.807) is 12.4 Å². The Hall–Kier alpha value is -1.58. The van der Waals surface area contributed by atoms with E-state index in [4.69, 9.17) is 0 Å². The zero-order chi connectivity index (χ0) is 33.4. The third kappa shape index (κ3) is 38.6. The summed E-state index contributed by atoms with van der Waals surface area (Å²) in [5.41, 5.74) is 0. The quantitative estimate of drug-likeness (QED) is 0.0661. The van der Waals surface area contributed by atoms with Crippen LogP contribution in [0.2, 0.25) is 0 Å². The second kappa shape index (κ2) is 39.6. The van der Waals surface area contributed by atoms with Gasteiger partial charge in [-0.15, -0.1) is 0 Å². The van der Waals surface area contributed by atoms with Gasteiger partial charge in [0.25, 0.3) is 0 Å². The van der Waals surface area contributed by atoms with Crippen molar-refractivity contribution in [3.8, 4) is 0 Å². The zero-order valence-corrected chi connectivity index (χ0v) is 31.2. The predicted octanol–water partition coefficient (Wildman–Crippen LogP) is 13.5. The highest BCUT2D eigenvalue weighted by molar-refractivity contribution is 5.78. The second-order valence-corrected chi connectivity index (χ2v) is 13.9. The lowest BCUT2D eigenvalue weighted by molar-refractivity contribution is -0.122. The molecule has 4 nitrogen and oxygen atoms in total. The third-order valence-electron chi connectivity index (χ3n) is 9.23. The molecule has 0 heterocycles. The highest BCUT2D eigenvalue weighted by Crippen LogP contribution is 2.15. The maximum absolute atomic E-state index is 12.0. The molecule has 0 aliphatic carbocycles. The lowest BCUT2D eigenvalue weighted by Gasteiger charge is -2.03. The van der Waals surface area contributed by atoms with Gasteiger partial charge in [-0.1, -0.05) is 193 Å². The normalized spacial score (nSPS) is 11.6. The summed E-state index contributed by atoms with van der Waals surface area (Å²) < 4.78 is 0. The molecule has 2 N–H and O–H groups in total. The van der Waals surface area contributed by atoms with Crippen LogP contribution in [0, 0.1) is 0 Å². The average Bonchev–Trinajstić information content (AvgIpc) is 3.06. The van der Waals surface area contributed by atoms with E-state index in [1.807, 2.05) is 0 Å². The summed E-state index contributed by atoms with van der Waals surface area (Å²) in [6, 6.07) is 0. The topological polar surface area (TPSA) is 58.2 Å². The number of amides is 2. The minimum absolute atomic E-state index is 0.0469. The minimum Gasteiger partial charge on any atom is -0.333 e. The SMILES string of the molecule is CCCCCCCCCCCCCCCCC=CNC(=O)CCCCC(=O)NC=CCCCCCCCCCCCCCCCC. The van der Waals surface area contributed by atoms with Gasteiger partial charge in [0, 0.05) is 12.8 Å². The van der Waals surface area contributed by atoms with Crippen molar-refractivity contribution in [2.75, 3.05) is 0 Å². The third-order valence-corrected chi connectivity index (χ3v) is 9.23. The van der Waals surface area contributed by atoms with Crippen LogP contribution in [0.5, 0.6) is 0 Å². The van der Waals surface area contributed by atoms with E-state index in [-0.39, 0.29) is 11.8 Å². The molecular formula is C42H80N2O2. The van der Waals surface area contributed by atoms with Gasteiger partial charge in [0.15, 0.2) is 0 Å². The Morgan fingerprint density at radius 2 is 0.587 bits per heavy atom. The van der Waals surface area contributed by atoms with Crippen molar-refractivity contribution < 1.29 is 9.59 Å². The lowest BCUT2D eigenvalue weighted by atomic mass is 10.0. The first-order chi connectivity index (χ1) is 22.7. The van der Waals surface area contributed by atoms with Gasteiger partial charge in [-0.2, -0.15) is 0 Å². The van der Waals surface area contributed by atoms with Crippen molar-refractivity contribution in [3.05, 3.63) is 24.6 Å². The van der Waals surface area contributed by atoms with Crippen LogP contribution in [0.15, 0.2) is 24.6 Å². The fraction of sp³-hybridized carbons (Fsp3) is 0.857. The smallest absolute Gasteiger partial charge is 0.223 e. The van der Waals surface area contributed by atoms with E-state index >= 15 is 0 Å². The van der Waals surface area contributed by atoms with Crippen molar-refractivity contribution >= 4 is 11.8 Å². The van der Waals surface area contributed by atoms with Gasteiger partial charge < -0.3 is 10.6 Å². The molecule has 0 aliphatic heterocycles. The molecule has 46 heavy (non-hydrogen) atoms. The zero-order valence-electron chi connectivity index (χ0n) is 31.2. The van der Waals surface area contributed by atoms with Crippen LogP contribution in [0.25, 0.3) is 0 Å². The molecule has 0 saturated carbocycles. The fourth-order valence-electron chi connectivity index (χ4n) is 6.10. The molecule has 0 atom stereocenters. The first kappa shape index (κ1) is 44.4. The van der Waals surface area contributed by atoms with Crippen LogP contribution in [-0.2, 0) is 9.59 Å². The molecule has 0 aromatic heterocycles. The van der Waals surface area contributed by atoms with E-state index in [0.717, 1.165) is 25.7 Å². The Kier molecular flexibility index (Phi) is 38.2. The molecule has 0 fully saturated rings. The molecule has 270 valence electrons. The maximum Gasteiger partial charge on any atom is 0.223 e. The van der Waals surface area contributed by atoms with Crippen molar-refractivity contribution in [3.63, 3.8) is 0 Å². The summed E-state index contributed by atoms with van der Waals surface area (Å²) >= 11 is 0. The maximum atomic E-state index is 12.0. The standard InChI is InChI=1S/C42H80N2O2/c1-3-5-7-9-11-13-15-17-19-21-23-25-27-29-31-35-39-43-41(45)37-33-34-38-42(46)44-40-36-32-30-28-26-24-22-20-18-16-14-12-10-8-6-4-2/h35-36,39-40H,3-34,37-38H2,1-2H3,(H,43,45)(H,44,46). The molecule has 0 bridgehead atoms. The van der Waals surface area contributed by atoms with Crippen LogP contribution in [-0.4, -0.2) is 11.8 Å². The summed E-state index contributed by atoms with van der Waals surface area (Å²) in [6.07, 6.45) is 50.9. The largest absolute Gasteiger partial charge is 0.333 e. The summed E-state index contributed by atoms with van der Waals surface area (Å²) in [7, 11) is 0. The second-order valence-electron chi connectivity index (χ2n) is 13.9. The van der Waals surface area contributed by atoms with Gasteiger partial charge in [0.1, 0.15) is 0 Å². The summed E-state index contributed by atoms with van der Waals surface area (Å²) in [4.78, 5) is 24.0. The van der Waals surface area contributed by atoms with Gasteiger partial charge in [0.05, 0.1) is 0 Å². The Labute approximate surface area is 288 Å². The Bertz CT molecular complexity index is 629. The number of hydrogen-bond donors (Lipinski definition) is 2. The molecule has 0 saturated heterocycles. The van der Waals surface area contributed by atoms with Gasteiger partial charge in [-0.3, -0.25) is 9.59 Å². The molecule has 0 spiro atoms. The van der Waals surface area contributed by atoms with Gasteiger partial charge in [0.2, 0.25) is 11.8 Å². The Balaban J connectivity index is 3.37. The summed E-state index contributed by atoms with van der Waals surface area (Å²) in [5, 5.41) is 5.75. The molecule has 0 unspecified atom stereocenters. The van der Waals surface area contributed by atoms with Crippen molar-refractivity contribution in [1.29, 1.82) is 0 Å². The first-order valence-corrected chi connectivity index (χ1v) is 20.6. The highest BCUT2D eigenvalue weighted by Gasteiger charge is 2.02. The monoisotopic (exact) mass is 645 g/mol. The number of carbonyl (C=O) groups is 2. The van der Waals surface area contributed by atoms with Gasteiger partial charge >= 0.3 is 0 Å². The van der Waals surface area contributed by atoms with Crippen LogP contribution >= 0.6 is 0 Å². The van der Waals surface area contributed by atoms with E-state index in [1.165, 1.54) is 180 Å². The number of rotatable bonds is 37. The molecule has 0 aromatic carbocycles. The van der Waals surface area contributed by atoms with Crippen LogP contribution < -0.4 is 10.6 Å². The van der Waals surface area contributed by atoms with Crippen LogP contribution in [0.4, 0.5) is 0 Å². The van der Waals surface area contributed by atoms with Gasteiger partial charge in [-0.25, -0.2) is 0 Å².